The molecule has 4 heteroatoms. The highest BCUT2D eigenvalue weighted by Gasteiger charge is 2.14. The summed E-state index contributed by atoms with van der Waals surface area (Å²) in [6.07, 6.45) is 0. The Hall–Kier alpha value is -1.30. The molecule has 0 bridgehead atoms. The standard InChI is InChI=1S/C14H12FIO2/c1-17-12-8-7-11(16)13(15)14(12)18-9-10-5-3-2-4-6-10/h2-8H,9H2,1H3. The fraction of sp³-hybridized carbons (Fsp3) is 0.143. The molecule has 0 fully saturated rings. The molecule has 0 aliphatic rings. The average molecular weight is 358 g/mol. The van der Waals surface area contributed by atoms with E-state index in [0.717, 1.165) is 5.56 Å². The molecule has 18 heavy (non-hydrogen) atoms. The van der Waals surface area contributed by atoms with Crippen LogP contribution in [0.5, 0.6) is 11.5 Å². The lowest BCUT2D eigenvalue weighted by Gasteiger charge is -2.12. The van der Waals surface area contributed by atoms with E-state index in [1.807, 2.05) is 52.9 Å². The molecular formula is C14H12FIO2. The van der Waals surface area contributed by atoms with Gasteiger partial charge in [-0.15, -0.1) is 0 Å². The normalized spacial score (nSPS) is 10.2. The number of rotatable bonds is 4. The van der Waals surface area contributed by atoms with E-state index in [2.05, 4.69) is 0 Å². The summed E-state index contributed by atoms with van der Waals surface area (Å²) in [5.41, 5.74) is 0.984. The summed E-state index contributed by atoms with van der Waals surface area (Å²) >= 11 is 1.93. The summed E-state index contributed by atoms with van der Waals surface area (Å²) < 4.78 is 25.1. The summed E-state index contributed by atoms with van der Waals surface area (Å²) in [4.78, 5) is 0. The summed E-state index contributed by atoms with van der Waals surface area (Å²) in [6, 6.07) is 13.0. The van der Waals surface area contributed by atoms with Crippen LogP contribution in [0.3, 0.4) is 0 Å². The Morgan fingerprint density at radius 2 is 1.83 bits per heavy atom. The summed E-state index contributed by atoms with van der Waals surface area (Å²) in [5.74, 6) is 0.183. The van der Waals surface area contributed by atoms with E-state index in [1.165, 1.54) is 7.11 Å². The Labute approximate surface area is 119 Å². The molecule has 0 aromatic heterocycles. The molecule has 0 saturated carbocycles. The van der Waals surface area contributed by atoms with Gasteiger partial charge in [0, 0.05) is 0 Å². The molecule has 2 rings (SSSR count). The summed E-state index contributed by atoms with van der Waals surface area (Å²) in [5, 5.41) is 0. The van der Waals surface area contributed by atoms with Crippen LogP contribution >= 0.6 is 22.6 Å². The first-order valence-electron chi connectivity index (χ1n) is 5.41. The van der Waals surface area contributed by atoms with E-state index in [1.54, 1.807) is 12.1 Å². The zero-order chi connectivity index (χ0) is 13.0. The second kappa shape index (κ2) is 6.04. The topological polar surface area (TPSA) is 18.5 Å². The van der Waals surface area contributed by atoms with Gasteiger partial charge in [0.1, 0.15) is 6.61 Å². The van der Waals surface area contributed by atoms with Crippen LogP contribution in [0.2, 0.25) is 0 Å². The number of benzene rings is 2. The van der Waals surface area contributed by atoms with Gasteiger partial charge in [-0.1, -0.05) is 30.3 Å². The van der Waals surface area contributed by atoms with Crippen molar-refractivity contribution in [2.75, 3.05) is 7.11 Å². The zero-order valence-corrected chi connectivity index (χ0v) is 12.0. The number of methoxy groups -OCH3 is 1. The first-order chi connectivity index (χ1) is 8.72. The number of ether oxygens (including phenoxy) is 2. The largest absolute Gasteiger partial charge is 0.493 e. The molecule has 2 aromatic rings. The molecule has 0 radical (unpaired) electrons. The average Bonchev–Trinajstić information content (AvgIpc) is 2.41. The van der Waals surface area contributed by atoms with Crippen molar-refractivity contribution in [3.05, 3.63) is 57.4 Å². The van der Waals surface area contributed by atoms with Gasteiger partial charge in [-0.25, -0.2) is 4.39 Å². The van der Waals surface area contributed by atoms with Crippen molar-refractivity contribution in [2.24, 2.45) is 0 Å². The highest BCUT2D eigenvalue weighted by atomic mass is 127. The highest BCUT2D eigenvalue weighted by molar-refractivity contribution is 14.1. The Morgan fingerprint density at radius 3 is 2.50 bits per heavy atom. The predicted octanol–water partition coefficient (Wildman–Crippen LogP) is 4.02. The minimum atomic E-state index is -0.383. The molecule has 0 aliphatic heterocycles. The van der Waals surface area contributed by atoms with Gasteiger partial charge in [-0.3, -0.25) is 0 Å². The predicted molar refractivity (Wildman–Crippen MR) is 76.4 cm³/mol. The quantitative estimate of drug-likeness (QED) is 0.769. The van der Waals surface area contributed by atoms with Gasteiger partial charge in [0.25, 0.3) is 0 Å². The van der Waals surface area contributed by atoms with Crippen LogP contribution in [0.25, 0.3) is 0 Å². The molecule has 94 valence electrons. The third kappa shape index (κ3) is 2.93. The first kappa shape index (κ1) is 13.1. The maximum atomic E-state index is 13.9. The van der Waals surface area contributed by atoms with Crippen LogP contribution in [0.15, 0.2) is 42.5 Å². The molecule has 0 amide bonds. The second-order valence-corrected chi connectivity index (χ2v) is 4.83. The zero-order valence-electron chi connectivity index (χ0n) is 9.82. The maximum absolute atomic E-state index is 13.9. The van der Waals surface area contributed by atoms with Gasteiger partial charge in [0.05, 0.1) is 10.7 Å². The van der Waals surface area contributed by atoms with Crippen molar-refractivity contribution < 1.29 is 13.9 Å². The SMILES string of the molecule is COc1ccc(I)c(F)c1OCc1ccccc1. The monoisotopic (exact) mass is 358 g/mol. The lowest BCUT2D eigenvalue weighted by Crippen LogP contribution is -2.01. The molecular weight excluding hydrogens is 346 g/mol. The molecule has 2 aromatic carbocycles. The van der Waals surface area contributed by atoms with Crippen molar-refractivity contribution in [1.29, 1.82) is 0 Å². The molecule has 0 unspecified atom stereocenters. The third-order valence-corrected chi connectivity index (χ3v) is 3.29. The highest BCUT2D eigenvalue weighted by Crippen LogP contribution is 2.33. The number of hydrogen-bond donors (Lipinski definition) is 0. The van der Waals surface area contributed by atoms with Crippen LogP contribution < -0.4 is 9.47 Å². The second-order valence-electron chi connectivity index (χ2n) is 3.67. The van der Waals surface area contributed by atoms with E-state index in [-0.39, 0.29) is 11.6 Å². The number of hydrogen-bond acceptors (Lipinski definition) is 2. The molecule has 0 spiro atoms. The van der Waals surface area contributed by atoms with Crippen LogP contribution in [-0.2, 0) is 6.61 Å². The van der Waals surface area contributed by atoms with E-state index < -0.39 is 0 Å². The Kier molecular flexibility index (Phi) is 4.41. The van der Waals surface area contributed by atoms with E-state index >= 15 is 0 Å². The third-order valence-electron chi connectivity index (χ3n) is 2.46. The Morgan fingerprint density at radius 1 is 1.11 bits per heavy atom. The van der Waals surface area contributed by atoms with Crippen molar-refractivity contribution >= 4 is 22.6 Å². The van der Waals surface area contributed by atoms with Gasteiger partial charge >= 0.3 is 0 Å². The van der Waals surface area contributed by atoms with Crippen molar-refractivity contribution in [2.45, 2.75) is 6.61 Å². The van der Waals surface area contributed by atoms with Crippen molar-refractivity contribution in [3.8, 4) is 11.5 Å². The van der Waals surface area contributed by atoms with E-state index in [9.17, 15) is 4.39 Å². The van der Waals surface area contributed by atoms with E-state index in [0.29, 0.717) is 15.9 Å². The van der Waals surface area contributed by atoms with Crippen molar-refractivity contribution in [3.63, 3.8) is 0 Å². The van der Waals surface area contributed by atoms with Gasteiger partial charge in [0.2, 0.25) is 0 Å². The molecule has 0 N–H and O–H groups in total. The van der Waals surface area contributed by atoms with Crippen LogP contribution in [0.4, 0.5) is 4.39 Å². The first-order valence-corrected chi connectivity index (χ1v) is 6.49. The van der Waals surface area contributed by atoms with Crippen LogP contribution in [-0.4, -0.2) is 7.11 Å². The van der Waals surface area contributed by atoms with E-state index in [4.69, 9.17) is 9.47 Å². The molecule has 0 heterocycles. The number of halogens is 2. The van der Waals surface area contributed by atoms with Gasteiger partial charge < -0.3 is 9.47 Å². The maximum Gasteiger partial charge on any atom is 0.198 e. The molecule has 2 nitrogen and oxygen atoms in total. The Balaban J connectivity index is 2.21. The summed E-state index contributed by atoms with van der Waals surface area (Å²) in [7, 11) is 1.50. The molecule has 0 aliphatic carbocycles. The fourth-order valence-corrected chi connectivity index (χ4v) is 1.96. The van der Waals surface area contributed by atoms with Crippen LogP contribution in [0.1, 0.15) is 5.56 Å². The van der Waals surface area contributed by atoms with Gasteiger partial charge in [0.15, 0.2) is 17.3 Å². The summed E-state index contributed by atoms with van der Waals surface area (Å²) in [6.45, 7) is 0.314. The lowest BCUT2D eigenvalue weighted by atomic mass is 10.2. The Bertz CT molecular complexity index is 529. The van der Waals surface area contributed by atoms with Gasteiger partial charge in [-0.05, 0) is 40.3 Å². The molecule has 0 saturated heterocycles. The molecule has 0 atom stereocenters. The van der Waals surface area contributed by atoms with Crippen molar-refractivity contribution in [1.82, 2.24) is 0 Å². The smallest absolute Gasteiger partial charge is 0.198 e. The minimum absolute atomic E-state index is 0.160. The van der Waals surface area contributed by atoms with Crippen LogP contribution in [0, 0.1) is 9.39 Å². The fourth-order valence-electron chi connectivity index (χ4n) is 1.54. The lowest BCUT2D eigenvalue weighted by molar-refractivity contribution is 0.269. The van der Waals surface area contributed by atoms with Gasteiger partial charge in [-0.2, -0.15) is 0 Å². The minimum Gasteiger partial charge on any atom is -0.493 e.